The number of amides is 1. The minimum atomic E-state index is 0.0199. The Morgan fingerprint density at radius 2 is 1.86 bits per heavy atom. The molecule has 1 N–H and O–H groups in total. The zero-order chi connectivity index (χ0) is 10.6. The Labute approximate surface area is 84.6 Å². The van der Waals surface area contributed by atoms with Gasteiger partial charge in [0.25, 0.3) is 0 Å². The first kappa shape index (κ1) is 12.6. The van der Waals surface area contributed by atoms with Crippen molar-refractivity contribution in [3.05, 3.63) is 24.7 Å². The lowest BCUT2D eigenvalue weighted by Gasteiger charge is -1.99. The van der Waals surface area contributed by atoms with Crippen LogP contribution in [0.2, 0.25) is 0 Å². The Bertz CT molecular complexity index is 180. The number of carbonyl (C=O) groups excluding carboxylic acids is 1. The van der Waals surface area contributed by atoms with Crippen molar-refractivity contribution in [2.75, 3.05) is 20.8 Å². The molecular formula is C10H17NO3. The molecule has 0 heterocycles. The molecule has 0 saturated carbocycles. The van der Waals surface area contributed by atoms with E-state index in [1.165, 1.54) is 6.26 Å². The molecule has 0 radical (unpaired) electrons. The maximum atomic E-state index is 11.1. The van der Waals surface area contributed by atoms with Crippen LogP contribution in [0.5, 0.6) is 0 Å². The Morgan fingerprint density at radius 1 is 1.21 bits per heavy atom. The van der Waals surface area contributed by atoms with E-state index in [1.807, 2.05) is 6.08 Å². The number of hydrogen-bond donors (Lipinski definition) is 1. The van der Waals surface area contributed by atoms with Gasteiger partial charge in [-0.2, -0.15) is 0 Å². The lowest BCUT2D eigenvalue weighted by molar-refractivity contribution is -0.120. The first-order valence-electron chi connectivity index (χ1n) is 4.43. The molecular weight excluding hydrogens is 182 g/mol. The lowest BCUT2D eigenvalue weighted by atomic mass is 10.3. The van der Waals surface area contributed by atoms with E-state index >= 15 is 0 Å². The largest absolute Gasteiger partial charge is 0.505 e. The van der Waals surface area contributed by atoms with Crippen molar-refractivity contribution in [1.82, 2.24) is 5.32 Å². The molecule has 0 aromatic carbocycles. The smallest absolute Gasteiger partial charge is 0.220 e. The van der Waals surface area contributed by atoms with Gasteiger partial charge in [0.15, 0.2) is 0 Å². The van der Waals surface area contributed by atoms with Gasteiger partial charge in [-0.05, 0) is 18.6 Å². The molecule has 0 unspecified atom stereocenters. The number of rotatable bonds is 7. The summed E-state index contributed by atoms with van der Waals surface area (Å²) in [6.45, 7) is 0.501. The van der Waals surface area contributed by atoms with Gasteiger partial charge in [-0.3, -0.25) is 4.79 Å². The van der Waals surface area contributed by atoms with E-state index in [1.54, 1.807) is 26.6 Å². The van der Waals surface area contributed by atoms with Gasteiger partial charge in [-0.1, -0.05) is 0 Å². The van der Waals surface area contributed by atoms with Gasteiger partial charge in [0, 0.05) is 13.0 Å². The Hall–Kier alpha value is -1.45. The Morgan fingerprint density at radius 3 is 2.50 bits per heavy atom. The van der Waals surface area contributed by atoms with E-state index < -0.39 is 0 Å². The predicted molar refractivity (Wildman–Crippen MR) is 54.5 cm³/mol. The second-order valence-corrected chi connectivity index (χ2v) is 2.56. The van der Waals surface area contributed by atoms with Crippen LogP contribution < -0.4 is 5.32 Å². The number of ether oxygens (including phenoxy) is 2. The van der Waals surface area contributed by atoms with Crippen molar-refractivity contribution in [2.24, 2.45) is 0 Å². The second-order valence-electron chi connectivity index (χ2n) is 2.56. The predicted octanol–water partition coefficient (Wildman–Crippen LogP) is 1.20. The molecule has 0 atom stereocenters. The molecule has 0 aromatic heterocycles. The maximum absolute atomic E-state index is 11.1. The summed E-state index contributed by atoms with van der Waals surface area (Å²) in [5.41, 5.74) is 0. The van der Waals surface area contributed by atoms with Gasteiger partial charge in [0.2, 0.25) is 5.91 Å². The number of carbonyl (C=O) groups is 1. The summed E-state index contributed by atoms with van der Waals surface area (Å²) in [6.07, 6.45) is 7.81. The molecule has 0 spiro atoms. The summed E-state index contributed by atoms with van der Waals surface area (Å²) >= 11 is 0. The van der Waals surface area contributed by atoms with Crippen molar-refractivity contribution in [2.45, 2.75) is 12.8 Å². The molecule has 0 aliphatic rings. The third-order valence-corrected chi connectivity index (χ3v) is 1.42. The van der Waals surface area contributed by atoms with E-state index in [0.29, 0.717) is 19.4 Å². The zero-order valence-electron chi connectivity index (χ0n) is 8.66. The third-order valence-electron chi connectivity index (χ3n) is 1.42. The standard InChI is InChI=1S/C10H17NO3/c1-13-8-4-3-6-10(12)11-7-5-9-14-2/h4-5,8-9H,3,6-7H2,1-2H3,(H,11,12)/b8-4+,9-5+. The highest BCUT2D eigenvalue weighted by Gasteiger charge is 1.95. The SMILES string of the molecule is CO/C=C/CCC(=O)NC/C=C/OC. The fourth-order valence-corrected chi connectivity index (χ4v) is 0.784. The number of hydrogen-bond acceptors (Lipinski definition) is 3. The highest BCUT2D eigenvalue weighted by atomic mass is 16.5. The van der Waals surface area contributed by atoms with Crippen LogP contribution in [-0.4, -0.2) is 26.7 Å². The van der Waals surface area contributed by atoms with Gasteiger partial charge < -0.3 is 14.8 Å². The Kier molecular flexibility index (Phi) is 8.64. The van der Waals surface area contributed by atoms with Gasteiger partial charge in [0.1, 0.15) is 0 Å². The van der Waals surface area contributed by atoms with Crippen molar-refractivity contribution in [3.8, 4) is 0 Å². The van der Waals surface area contributed by atoms with Crippen LogP contribution in [-0.2, 0) is 14.3 Å². The Balaban J connectivity index is 3.37. The summed E-state index contributed by atoms with van der Waals surface area (Å²) in [5, 5.41) is 2.71. The molecule has 80 valence electrons. The van der Waals surface area contributed by atoms with Crippen LogP contribution in [0, 0.1) is 0 Å². The highest BCUT2D eigenvalue weighted by Crippen LogP contribution is 1.90. The van der Waals surface area contributed by atoms with Gasteiger partial charge in [0.05, 0.1) is 26.7 Å². The van der Waals surface area contributed by atoms with Crippen LogP contribution in [0.15, 0.2) is 24.7 Å². The minimum absolute atomic E-state index is 0.0199. The minimum Gasteiger partial charge on any atom is -0.505 e. The zero-order valence-corrected chi connectivity index (χ0v) is 8.66. The van der Waals surface area contributed by atoms with Crippen LogP contribution in [0.3, 0.4) is 0 Å². The lowest BCUT2D eigenvalue weighted by Crippen LogP contribution is -2.22. The van der Waals surface area contributed by atoms with Gasteiger partial charge >= 0.3 is 0 Å². The van der Waals surface area contributed by atoms with Gasteiger partial charge in [-0.15, -0.1) is 0 Å². The first-order chi connectivity index (χ1) is 6.81. The van der Waals surface area contributed by atoms with Crippen LogP contribution in [0.1, 0.15) is 12.8 Å². The van der Waals surface area contributed by atoms with Crippen molar-refractivity contribution in [1.29, 1.82) is 0 Å². The van der Waals surface area contributed by atoms with E-state index in [0.717, 1.165) is 0 Å². The average Bonchev–Trinajstić information content (AvgIpc) is 2.19. The summed E-state index contributed by atoms with van der Waals surface area (Å²) in [5.74, 6) is 0.0199. The van der Waals surface area contributed by atoms with Crippen LogP contribution in [0.4, 0.5) is 0 Å². The van der Waals surface area contributed by atoms with E-state index in [9.17, 15) is 4.79 Å². The monoisotopic (exact) mass is 199 g/mol. The summed E-state index contributed by atoms with van der Waals surface area (Å²) in [7, 11) is 3.14. The molecule has 4 heteroatoms. The fourth-order valence-electron chi connectivity index (χ4n) is 0.784. The van der Waals surface area contributed by atoms with E-state index in [4.69, 9.17) is 4.74 Å². The number of allylic oxidation sites excluding steroid dienone is 1. The normalized spacial score (nSPS) is 10.7. The molecule has 0 rings (SSSR count). The van der Waals surface area contributed by atoms with Crippen LogP contribution in [0.25, 0.3) is 0 Å². The molecule has 4 nitrogen and oxygen atoms in total. The topological polar surface area (TPSA) is 47.6 Å². The molecule has 0 fully saturated rings. The number of nitrogens with one attached hydrogen (secondary N) is 1. The van der Waals surface area contributed by atoms with Gasteiger partial charge in [-0.25, -0.2) is 0 Å². The van der Waals surface area contributed by atoms with E-state index in [-0.39, 0.29) is 5.91 Å². The molecule has 0 saturated heterocycles. The first-order valence-corrected chi connectivity index (χ1v) is 4.43. The molecule has 0 aromatic rings. The highest BCUT2D eigenvalue weighted by molar-refractivity contribution is 5.76. The van der Waals surface area contributed by atoms with Crippen LogP contribution >= 0.6 is 0 Å². The molecule has 0 aliphatic carbocycles. The van der Waals surface area contributed by atoms with E-state index in [2.05, 4.69) is 10.1 Å². The molecule has 0 bridgehead atoms. The summed E-state index contributed by atoms with van der Waals surface area (Å²) in [6, 6.07) is 0. The van der Waals surface area contributed by atoms with Crippen molar-refractivity contribution < 1.29 is 14.3 Å². The fraction of sp³-hybridized carbons (Fsp3) is 0.500. The maximum Gasteiger partial charge on any atom is 0.220 e. The summed E-state index contributed by atoms with van der Waals surface area (Å²) < 4.78 is 9.37. The quantitative estimate of drug-likeness (QED) is 0.627. The number of methoxy groups -OCH3 is 2. The molecule has 0 aliphatic heterocycles. The molecule has 1 amide bonds. The van der Waals surface area contributed by atoms with Crippen molar-refractivity contribution >= 4 is 5.91 Å². The van der Waals surface area contributed by atoms with Crippen molar-refractivity contribution in [3.63, 3.8) is 0 Å². The second kappa shape index (κ2) is 9.64. The molecule has 14 heavy (non-hydrogen) atoms. The summed E-state index contributed by atoms with van der Waals surface area (Å²) in [4.78, 5) is 11.1. The average molecular weight is 199 g/mol. The third kappa shape index (κ3) is 8.64.